The fourth-order valence-electron chi connectivity index (χ4n) is 4.47. The van der Waals surface area contributed by atoms with E-state index in [1.54, 1.807) is 0 Å². The zero-order valence-electron chi connectivity index (χ0n) is 15.8. The Labute approximate surface area is 160 Å². The van der Waals surface area contributed by atoms with E-state index in [2.05, 4.69) is 27.4 Å². The summed E-state index contributed by atoms with van der Waals surface area (Å²) in [4.78, 5) is 16.7. The Morgan fingerprint density at radius 2 is 2.07 bits per heavy atom. The van der Waals surface area contributed by atoms with Crippen molar-refractivity contribution in [2.24, 2.45) is 0 Å². The first kappa shape index (κ1) is 18.8. The average molecular weight is 376 g/mol. The Morgan fingerprint density at radius 3 is 2.85 bits per heavy atom. The SMILES string of the molecule is C[C@@H]1CN(C2CC(=O)NC(N3CC[C@@H](F)[C@@H]3Cc3ccccc3)N2)CCO1. The number of ether oxygens (including phenoxy) is 1. The molecule has 0 radical (unpaired) electrons. The van der Waals surface area contributed by atoms with Crippen LogP contribution in [-0.2, 0) is 16.0 Å². The molecule has 6 nitrogen and oxygen atoms in total. The summed E-state index contributed by atoms with van der Waals surface area (Å²) in [7, 11) is 0. The molecule has 1 aromatic carbocycles. The summed E-state index contributed by atoms with van der Waals surface area (Å²) >= 11 is 0. The number of hydrogen-bond donors (Lipinski definition) is 2. The summed E-state index contributed by atoms with van der Waals surface area (Å²) in [6.07, 6.45) is 0.485. The van der Waals surface area contributed by atoms with Crippen molar-refractivity contribution in [1.82, 2.24) is 20.4 Å². The number of likely N-dealkylation sites (tertiary alicyclic amines) is 1. The second-order valence-corrected chi connectivity index (χ2v) is 7.83. The first-order valence-electron chi connectivity index (χ1n) is 9.95. The lowest BCUT2D eigenvalue weighted by atomic mass is 10.0. The van der Waals surface area contributed by atoms with Crippen LogP contribution < -0.4 is 10.6 Å². The van der Waals surface area contributed by atoms with Gasteiger partial charge in [0.25, 0.3) is 0 Å². The fraction of sp³-hybridized carbons (Fsp3) is 0.650. The number of morpholine rings is 1. The van der Waals surface area contributed by atoms with E-state index < -0.39 is 6.17 Å². The van der Waals surface area contributed by atoms with Gasteiger partial charge in [-0.2, -0.15) is 0 Å². The third-order valence-corrected chi connectivity index (χ3v) is 5.87. The average Bonchev–Trinajstić information content (AvgIpc) is 3.03. The van der Waals surface area contributed by atoms with Crippen LogP contribution in [0.25, 0.3) is 0 Å². The molecule has 148 valence electrons. The van der Waals surface area contributed by atoms with Crippen molar-refractivity contribution in [2.45, 2.75) is 57.0 Å². The lowest BCUT2D eigenvalue weighted by molar-refractivity contribution is -0.132. The van der Waals surface area contributed by atoms with Gasteiger partial charge in [0, 0.05) is 25.7 Å². The molecule has 7 heteroatoms. The highest BCUT2D eigenvalue weighted by Gasteiger charge is 2.42. The summed E-state index contributed by atoms with van der Waals surface area (Å²) in [5.74, 6) is 0.0173. The van der Waals surface area contributed by atoms with Gasteiger partial charge in [-0.25, -0.2) is 4.39 Å². The van der Waals surface area contributed by atoms with E-state index in [0.717, 1.165) is 18.7 Å². The van der Waals surface area contributed by atoms with Gasteiger partial charge in [0.05, 0.1) is 25.3 Å². The van der Waals surface area contributed by atoms with Gasteiger partial charge in [-0.1, -0.05) is 30.3 Å². The normalized spacial score (nSPS) is 35.9. The second-order valence-electron chi connectivity index (χ2n) is 7.83. The smallest absolute Gasteiger partial charge is 0.225 e. The summed E-state index contributed by atoms with van der Waals surface area (Å²) in [6.45, 7) is 4.98. The quantitative estimate of drug-likeness (QED) is 0.824. The van der Waals surface area contributed by atoms with Crippen LogP contribution in [0.2, 0.25) is 0 Å². The van der Waals surface area contributed by atoms with Gasteiger partial charge < -0.3 is 10.1 Å². The summed E-state index contributed by atoms with van der Waals surface area (Å²) in [5.41, 5.74) is 1.12. The lowest BCUT2D eigenvalue weighted by Crippen LogP contribution is -2.69. The van der Waals surface area contributed by atoms with Crippen molar-refractivity contribution < 1.29 is 13.9 Å². The van der Waals surface area contributed by atoms with Crippen molar-refractivity contribution in [1.29, 1.82) is 0 Å². The van der Waals surface area contributed by atoms with E-state index in [9.17, 15) is 9.18 Å². The third kappa shape index (κ3) is 4.32. The minimum atomic E-state index is -0.882. The van der Waals surface area contributed by atoms with Crippen molar-refractivity contribution in [2.75, 3.05) is 26.2 Å². The van der Waals surface area contributed by atoms with E-state index in [-0.39, 0.29) is 30.5 Å². The Bertz CT molecular complexity index is 646. The maximum atomic E-state index is 14.7. The molecule has 3 heterocycles. The molecule has 0 aliphatic carbocycles. The molecule has 27 heavy (non-hydrogen) atoms. The molecule has 3 fully saturated rings. The van der Waals surface area contributed by atoms with Gasteiger partial charge in [0.2, 0.25) is 5.91 Å². The van der Waals surface area contributed by atoms with Crippen LogP contribution in [0, 0.1) is 0 Å². The van der Waals surface area contributed by atoms with Crippen LogP contribution in [0.1, 0.15) is 25.3 Å². The van der Waals surface area contributed by atoms with Crippen molar-refractivity contribution in [3.05, 3.63) is 35.9 Å². The number of alkyl halides is 1. The highest BCUT2D eigenvalue weighted by Crippen LogP contribution is 2.27. The minimum Gasteiger partial charge on any atom is -0.376 e. The fourth-order valence-corrected chi connectivity index (χ4v) is 4.47. The number of benzene rings is 1. The Morgan fingerprint density at radius 1 is 1.26 bits per heavy atom. The summed E-state index contributed by atoms with van der Waals surface area (Å²) in [5, 5.41) is 6.58. The van der Waals surface area contributed by atoms with E-state index >= 15 is 0 Å². The number of hydrogen-bond acceptors (Lipinski definition) is 5. The minimum absolute atomic E-state index is 0.0173. The standard InChI is InChI=1S/C20H29FN4O2/c1-14-13-24(9-10-27-14)18-12-19(26)23-20(22-18)25-8-7-16(21)17(25)11-15-5-3-2-4-6-15/h2-6,14,16-18,20,22H,7-13H2,1H3,(H,23,26)/t14-,16-,17+,18?,20?/m1/s1. The zero-order chi connectivity index (χ0) is 18.8. The molecule has 0 aromatic heterocycles. The van der Waals surface area contributed by atoms with Crippen molar-refractivity contribution >= 4 is 5.91 Å². The number of nitrogens with one attached hydrogen (secondary N) is 2. The largest absolute Gasteiger partial charge is 0.376 e. The molecule has 0 bridgehead atoms. The highest BCUT2D eigenvalue weighted by molar-refractivity contribution is 5.77. The summed E-state index contributed by atoms with van der Waals surface area (Å²) < 4.78 is 20.3. The maximum absolute atomic E-state index is 14.7. The lowest BCUT2D eigenvalue weighted by Gasteiger charge is -2.45. The Balaban J connectivity index is 1.46. The van der Waals surface area contributed by atoms with Crippen molar-refractivity contribution in [3.8, 4) is 0 Å². The van der Waals surface area contributed by atoms with Gasteiger partial charge in [0.1, 0.15) is 12.5 Å². The van der Waals surface area contributed by atoms with Gasteiger partial charge >= 0.3 is 0 Å². The third-order valence-electron chi connectivity index (χ3n) is 5.87. The van der Waals surface area contributed by atoms with Gasteiger partial charge in [0.15, 0.2) is 0 Å². The molecule has 3 aliphatic rings. The summed E-state index contributed by atoms with van der Waals surface area (Å²) in [6, 6.07) is 9.78. The highest BCUT2D eigenvalue weighted by atomic mass is 19.1. The molecule has 4 rings (SSSR count). The molecule has 0 spiro atoms. The number of amides is 1. The van der Waals surface area contributed by atoms with Gasteiger partial charge in [-0.3, -0.25) is 19.9 Å². The van der Waals surface area contributed by atoms with E-state index in [1.165, 1.54) is 0 Å². The topological polar surface area (TPSA) is 56.8 Å². The van der Waals surface area contributed by atoms with E-state index in [1.807, 2.05) is 30.3 Å². The van der Waals surface area contributed by atoms with Crippen molar-refractivity contribution in [3.63, 3.8) is 0 Å². The molecular weight excluding hydrogens is 347 g/mol. The molecule has 2 unspecified atom stereocenters. The first-order valence-corrected chi connectivity index (χ1v) is 9.95. The molecule has 5 atom stereocenters. The van der Waals surface area contributed by atoms with Crippen LogP contribution in [0.4, 0.5) is 4.39 Å². The van der Waals surface area contributed by atoms with E-state index in [0.29, 0.717) is 32.4 Å². The Hall–Kier alpha value is -1.54. The predicted octanol–water partition coefficient (Wildman–Crippen LogP) is 1.08. The molecule has 1 aromatic rings. The molecule has 1 amide bonds. The number of carbonyl (C=O) groups excluding carboxylic acids is 1. The van der Waals surface area contributed by atoms with Crippen LogP contribution in [-0.4, -0.2) is 72.7 Å². The van der Waals surface area contributed by atoms with Crippen LogP contribution in [0.3, 0.4) is 0 Å². The van der Waals surface area contributed by atoms with E-state index in [4.69, 9.17) is 4.74 Å². The zero-order valence-corrected chi connectivity index (χ0v) is 15.8. The molecular formula is C20H29FN4O2. The second kappa shape index (κ2) is 8.22. The van der Waals surface area contributed by atoms with Gasteiger partial charge in [-0.15, -0.1) is 0 Å². The monoisotopic (exact) mass is 376 g/mol. The number of nitrogens with zero attached hydrogens (tertiary/aromatic N) is 2. The number of halogens is 1. The number of rotatable bonds is 4. The predicted molar refractivity (Wildman–Crippen MR) is 101 cm³/mol. The molecule has 2 N–H and O–H groups in total. The first-order chi connectivity index (χ1) is 13.1. The molecule has 3 saturated heterocycles. The maximum Gasteiger partial charge on any atom is 0.225 e. The van der Waals surface area contributed by atoms with Crippen LogP contribution in [0.15, 0.2) is 30.3 Å². The number of carbonyl (C=O) groups is 1. The molecule has 3 aliphatic heterocycles. The molecule has 0 saturated carbocycles. The van der Waals surface area contributed by atoms with Gasteiger partial charge in [-0.05, 0) is 25.3 Å². The van der Waals surface area contributed by atoms with Crippen LogP contribution in [0.5, 0.6) is 0 Å². The Kier molecular flexibility index (Phi) is 5.73. The van der Waals surface area contributed by atoms with Crippen LogP contribution >= 0.6 is 0 Å².